The lowest BCUT2D eigenvalue weighted by molar-refractivity contribution is -0.159. The summed E-state index contributed by atoms with van der Waals surface area (Å²) in [4.78, 5) is 24.0. The molecule has 2 aromatic carbocycles. The summed E-state index contributed by atoms with van der Waals surface area (Å²) in [6.07, 6.45) is 9.83. The minimum atomic E-state index is -0.186. The summed E-state index contributed by atoms with van der Waals surface area (Å²) < 4.78 is 13.8. The fourth-order valence-corrected chi connectivity index (χ4v) is 6.22. The molecule has 0 radical (unpaired) electrons. The van der Waals surface area contributed by atoms with Crippen LogP contribution in [0.4, 0.5) is 4.79 Å². The number of halogens is 1. The molecule has 0 aromatic heterocycles. The second-order valence-corrected chi connectivity index (χ2v) is 11.2. The van der Waals surface area contributed by atoms with Gasteiger partial charge in [0.05, 0.1) is 12.1 Å². The number of likely N-dealkylation sites (tertiary alicyclic amines) is 2. The van der Waals surface area contributed by atoms with Crippen molar-refractivity contribution < 1.29 is 18.6 Å². The van der Waals surface area contributed by atoms with E-state index in [-0.39, 0.29) is 18.2 Å². The Morgan fingerprint density at radius 3 is 2.18 bits per heavy atom. The van der Waals surface area contributed by atoms with E-state index in [1.165, 1.54) is 37.9 Å². The van der Waals surface area contributed by atoms with Crippen LogP contribution in [0.15, 0.2) is 54.6 Å². The first-order chi connectivity index (χ1) is 19.2. The van der Waals surface area contributed by atoms with Gasteiger partial charge < -0.3 is 19.4 Å². The first kappa shape index (κ1) is 29.7. The zero-order valence-electron chi connectivity index (χ0n) is 22.6. The summed E-state index contributed by atoms with van der Waals surface area (Å²) in [6.45, 7) is 4.33. The predicted octanol–water partition coefficient (Wildman–Crippen LogP) is 5.85. The second kappa shape index (κ2) is 15.5. The number of nitrogens with zero attached hydrogens (tertiary/aromatic N) is 3. The Balaban J connectivity index is 0.00000172. The van der Waals surface area contributed by atoms with Gasteiger partial charge in [0.1, 0.15) is 12.4 Å². The number of piperidine rings is 3. The molecule has 5 rings (SSSR count). The van der Waals surface area contributed by atoms with Gasteiger partial charge in [-0.1, -0.05) is 48.4 Å². The molecule has 0 aliphatic carbocycles. The number of carbonyl (C=O) groups excluding carboxylic acids is 1. The highest BCUT2D eigenvalue weighted by atomic mass is 35.5. The van der Waals surface area contributed by atoms with Crippen LogP contribution in [0.2, 0.25) is 5.02 Å². The zero-order chi connectivity index (χ0) is 27.5. The third-order valence-corrected chi connectivity index (χ3v) is 8.41. The highest BCUT2D eigenvalue weighted by molar-refractivity contribution is 7.44. The van der Waals surface area contributed by atoms with Crippen molar-refractivity contribution in [1.82, 2.24) is 14.9 Å². The van der Waals surface area contributed by atoms with Crippen LogP contribution in [0.1, 0.15) is 56.9 Å². The van der Waals surface area contributed by atoms with Gasteiger partial charge in [0, 0.05) is 24.2 Å². The fourth-order valence-electron chi connectivity index (χ4n) is 6.10. The van der Waals surface area contributed by atoms with Gasteiger partial charge in [-0.15, -0.1) is 5.06 Å². The zero-order valence-corrected chi connectivity index (χ0v) is 24.2. The van der Waals surface area contributed by atoms with Crippen LogP contribution in [0.3, 0.4) is 0 Å². The first-order valence-electron chi connectivity index (χ1n) is 14.2. The SMILES string of the molecule is O=C(OC[C@H]1CCC[C@@H](Cc2ccccc2)N1Oc1ccc(Cl)cc1)N1CCC(N2CCCCC2)CC1.O=S. The minimum absolute atomic E-state index is 0.00739. The van der Waals surface area contributed by atoms with Crippen molar-refractivity contribution in [2.75, 3.05) is 32.8 Å². The summed E-state index contributed by atoms with van der Waals surface area (Å²) in [7, 11) is 0. The van der Waals surface area contributed by atoms with Gasteiger partial charge in [0.15, 0.2) is 12.5 Å². The van der Waals surface area contributed by atoms with Gasteiger partial charge in [-0.2, -0.15) is 4.21 Å². The fraction of sp³-hybridized carbons (Fsp3) is 0.567. The van der Waals surface area contributed by atoms with E-state index in [0.717, 1.165) is 57.4 Å². The van der Waals surface area contributed by atoms with E-state index in [2.05, 4.69) is 46.8 Å². The molecule has 3 heterocycles. The molecular formula is C30H40ClN3O4S. The normalized spacial score (nSPS) is 22.9. The Morgan fingerprint density at radius 2 is 1.49 bits per heavy atom. The third-order valence-electron chi connectivity index (χ3n) is 8.16. The molecular weight excluding hydrogens is 534 g/mol. The van der Waals surface area contributed by atoms with Crippen LogP contribution in [0.25, 0.3) is 0 Å². The van der Waals surface area contributed by atoms with Crippen molar-refractivity contribution in [2.45, 2.75) is 75.9 Å². The molecule has 3 aliphatic rings. The van der Waals surface area contributed by atoms with Crippen molar-refractivity contribution in [3.63, 3.8) is 0 Å². The van der Waals surface area contributed by atoms with E-state index in [1.807, 2.05) is 35.2 Å². The number of hydrogen-bond acceptors (Lipinski definition) is 7. The van der Waals surface area contributed by atoms with Crippen molar-refractivity contribution in [3.05, 3.63) is 65.2 Å². The number of amides is 1. The molecule has 0 bridgehead atoms. The maximum atomic E-state index is 13.0. The predicted molar refractivity (Wildman–Crippen MR) is 155 cm³/mol. The van der Waals surface area contributed by atoms with Gasteiger partial charge in [0.25, 0.3) is 0 Å². The molecule has 0 saturated carbocycles. The van der Waals surface area contributed by atoms with Crippen molar-refractivity contribution in [3.8, 4) is 5.75 Å². The van der Waals surface area contributed by atoms with Gasteiger partial charge in [-0.25, -0.2) is 4.79 Å². The lowest BCUT2D eigenvalue weighted by atomic mass is 9.93. The summed E-state index contributed by atoms with van der Waals surface area (Å²) in [6, 6.07) is 18.8. The van der Waals surface area contributed by atoms with E-state index in [4.69, 9.17) is 25.4 Å². The number of hydroxylamine groups is 2. The van der Waals surface area contributed by atoms with Crippen molar-refractivity contribution in [1.29, 1.82) is 0 Å². The quantitative estimate of drug-likeness (QED) is 0.412. The molecule has 39 heavy (non-hydrogen) atoms. The molecule has 0 unspecified atom stereocenters. The maximum absolute atomic E-state index is 13.0. The van der Waals surface area contributed by atoms with Gasteiger partial charge in [-0.3, -0.25) is 0 Å². The van der Waals surface area contributed by atoms with E-state index in [9.17, 15) is 4.79 Å². The average Bonchev–Trinajstić information content (AvgIpc) is 3.00. The summed E-state index contributed by atoms with van der Waals surface area (Å²) in [5, 5.41) is 2.76. The Kier molecular flexibility index (Phi) is 11.8. The van der Waals surface area contributed by atoms with Gasteiger partial charge in [-0.05, 0) is 94.3 Å². The summed E-state index contributed by atoms with van der Waals surface area (Å²) >= 11 is 8.93. The Morgan fingerprint density at radius 1 is 0.821 bits per heavy atom. The molecule has 212 valence electrons. The number of benzene rings is 2. The molecule has 0 N–H and O–H groups in total. The summed E-state index contributed by atoms with van der Waals surface area (Å²) in [5.74, 6) is 0.750. The molecule has 0 spiro atoms. The van der Waals surface area contributed by atoms with Gasteiger partial charge in [0.2, 0.25) is 0 Å². The summed E-state index contributed by atoms with van der Waals surface area (Å²) in [5.41, 5.74) is 1.28. The van der Waals surface area contributed by atoms with Crippen LogP contribution >= 0.6 is 11.6 Å². The monoisotopic (exact) mass is 573 g/mol. The maximum Gasteiger partial charge on any atom is 0.409 e. The van der Waals surface area contributed by atoms with Crippen LogP contribution < -0.4 is 4.84 Å². The third kappa shape index (κ3) is 8.61. The lowest BCUT2D eigenvalue weighted by Gasteiger charge is -2.41. The molecule has 2 atom stereocenters. The van der Waals surface area contributed by atoms with Gasteiger partial charge >= 0.3 is 6.09 Å². The van der Waals surface area contributed by atoms with E-state index >= 15 is 0 Å². The lowest BCUT2D eigenvalue weighted by Crippen LogP contribution is -2.52. The highest BCUT2D eigenvalue weighted by Crippen LogP contribution is 2.29. The van der Waals surface area contributed by atoms with Crippen molar-refractivity contribution in [2.24, 2.45) is 0 Å². The largest absolute Gasteiger partial charge is 0.448 e. The van der Waals surface area contributed by atoms with Crippen LogP contribution in [-0.2, 0) is 23.7 Å². The standard InChI is InChI=1S/C30H40ClN3O3.OS/c31-25-12-14-29(15-13-25)37-34-27(22-24-8-3-1-4-9-24)10-7-11-28(34)23-36-30(35)33-20-16-26(17-21-33)32-18-5-2-6-19-32;1-2/h1,3-4,8-9,12-15,26-28H,2,5-7,10-11,16-23H2;/t27-,28+;/m0./s1. The van der Waals surface area contributed by atoms with E-state index < -0.39 is 0 Å². The molecule has 9 heteroatoms. The first-order valence-corrected chi connectivity index (χ1v) is 14.9. The molecule has 3 saturated heterocycles. The smallest absolute Gasteiger partial charge is 0.409 e. The van der Waals surface area contributed by atoms with E-state index in [0.29, 0.717) is 17.7 Å². The van der Waals surface area contributed by atoms with Crippen LogP contribution in [0.5, 0.6) is 5.75 Å². The molecule has 3 fully saturated rings. The number of ether oxygens (including phenoxy) is 1. The topological polar surface area (TPSA) is 62.3 Å². The highest BCUT2D eigenvalue weighted by Gasteiger charge is 2.35. The number of carbonyl (C=O) groups is 1. The van der Waals surface area contributed by atoms with E-state index in [1.54, 1.807) is 0 Å². The van der Waals surface area contributed by atoms with Crippen LogP contribution in [0, 0.1) is 0 Å². The molecule has 3 aliphatic heterocycles. The van der Waals surface area contributed by atoms with Crippen molar-refractivity contribution >= 4 is 30.2 Å². The van der Waals surface area contributed by atoms with Crippen LogP contribution in [-0.4, -0.2) is 76.1 Å². The molecule has 7 nitrogen and oxygen atoms in total. The number of hydrogen-bond donors (Lipinski definition) is 0. The molecule has 1 amide bonds. The Hall–Kier alpha value is -2.26. The molecule has 2 aromatic rings. The average molecular weight is 574 g/mol. The Bertz CT molecular complexity index is 1000. The number of rotatable bonds is 7. The minimum Gasteiger partial charge on any atom is -0.448 e. The second-order valence-electron chi connectivity index (χ2n) is 10.7. The Labute approximate surface area is 242 Å².